The van der Waals surface area contributed by atoms with Crippen LogP contribution in [-0.4, -0.2) is 25.4 Å². The Kier molecular flexibility index (Phi) is 6.91. The van der Waals surface area contributed by atoms with E-state index in [-0.39, 0.29) is 11.6 Å². The van der Waals surface area contributed by atoms with Crippen LogP contribution in [0.5, 0.6) is 17.2 Å². The molecule has 0 bridgehead atoms. The number of allylic oxidation sites excluding steroid dienone is 1. The second kappa shape index (κ2) is 10.5. The second-order valence-corrected chi connectivity index (χ2v) is 11.2. The van der Waals surface area contributed by atoms with E-state index < -0.39 is 0 Å². The summed E-state index contributed by atoms with van der Waals surface area (Å²) in [6.07, 6.45) is 3.65. The molecule has 0 N–H and O–H groups in total. The lowest BCUT2D eigenvalue weighted by Gasteiger charge is -2.31. The summed E-state index contributed by atoms with van der Waals surface area (Å²) < 4.78 is 20.1. The highest BCUT2D eigenvalue weighted by atomic mass is 79.9. The maximum Gasteiger partial charge on any atom is 0.271 e. The molecule has 0 amide bonds. The van der Waals surface area contributed by atoms with Gasteiger partial charge in [0.2, 0.25) is 0 Å². The van der Waals surface area contributed by atoms with E-state index in [1.807, 2.05) is 54.0 Å². The standard InChI is InChI=1S/C31H27BrN2O4S/c1-4-38-24-13-9-18(15-23(24)32)16-27-30(35)34-29(20-11-14-25(36-2)26(17-20)37-3)22-12-10-19-7-5-6-8-21(19)28(22)33-31(34)39-27/h5-9,11,13-17,29H,4,10,12H2,1-3H3/b27-16+/t29-/m0/s1. The maximum absolute atomic E-state index is 14.0. The van der Waals surface area contributed by atoms with E-state index in [1.165, 1.54) is 16.9 Å². The van der Waals surface area contributed by atoms with Gasteiger partial charge in [0, 0.05) is 5.56 Å². The Morgan fingerprint density at radius 3 is 2.59 bits per heavy atom. The average Bonchev–Trinajstić information content (AvgIpc) is 3.27. The van der Waals surface area contributed by atoms with Gasteiger partial charge in [-0.2, -0.15) is 0 Å². The third kappa shape index (κ3) is 4.51. The SMILES string of the molecule is CCOc1ccc(/C=c2/sc3n(c2=O)[C@@H](c2ccc(OC)c(OC)c2)C2=C(N=3)c3ccccc3CC2)cc1Br. The molecular formula is C31H27BrN2O4S. The van der Waals surface area contributed by atoms with Gasteiger partial charge in [-0.05, 0) is 88.3 Å². The Hall–Kier alpha value is -3.62. The zero-order valence-electron chi connectivity index (χ0n) is 21.9. The molecule has 4 aromatic rings. The Labute approximate surface area is 238 Å². The monoisotopic (exact) mass is 602 g/mol. The molecular weight excluding hydrogens is 576 g/mol. The number of hydrogen-bond acceptors (Lipinski definition) is 6. The first kappa shape index (κ1) is 25.6. The highest BCUT2D eigenvalue weighted by Gasteiger charge is 2.33. The third-order valence-electron chi connectivity index (χ3n) is 7.15. The van der Waals surface area contributed by atoms with E-state index in [0.29, 0.717) is 27.4 Å². The lowest BCUT2D eigenvalue weighted by Crippen LogP contribution is -2.38. The summed E-state index contributed by atoms with van der Waals surface area (Å²) in [5, 5.41) is 0. The molecule has 0 fully saturated rings. The number of aryl methyl sites for hydroxylation is 1. The van der Waals surface area contributed by atoms with E-state index in [1.54, 1.807) is 14.2 Å². The van der Waals surface area contributed by atoms with Gasteiger partial charge in [0.15, 0.2) is 16.3 Å². The summed E-state index contributed by atoms with van der Waals surface area (Å²) in [7, 11) is 3.25. The number of nitrogens with zero attached hydrogens (tertiary/aromatic N) is 2. The molecule has 2 aliphatic rings. The third-order valence-corrected chi connectivity index (χ3v) is 8.75. The number of thiazole rings is 1. The molecule has 8 heteroatoms. The van der Waals surface area contributed by atoms with Gasteiger partial charge in [-0.3, -0.25) is 9.36 Å². The number of halogens is 1. The van der Waals surface area contributed by atoms with Crippen LogP contribution in [0, 0.1) is 0 Å². The van der Waals surface area contributed by atoms with E-state index in [9.17, 15) is 4.79 Å². The zero-order valence-corrected chi connectivity index (χ0v) is 24.3. The Morgan fingerprint density at radius 2 is 1.82 bits per heavy atom. The quantitative estimate of drug-likeness (QED) is 0.292. The molecule has 6 nitrogen and oxygen atoms in total. The molecule has 1 aliphatic heterocycles. The van der Waals surface area contributed by atoms with Gasteiger partial charge >= 0.3 is 0 Å². The van der Waals surface area contributed by atoms with Gasteiger partial charge in [0.05, 0.1) is 41.6 Å². The lowest BCUT2D eigenvalue weighted by molar-refractivity contribution is 0.338. The molecule has 6 rings (SSSR count). The zero-order chi connectivity index (χ0) is 27.1. The van der Waals surface area contributed by atoms with Crippen LogP contribution in [0.15, 0.2) is 80.5 Å². The molecule has 1 aromatic heterocycles. The number of rotatable bonds is 6. The van der Waals surface area contributed by atoms with Gasteiger partial charge in [-0.15, -0.1) is 0 Å². The van der Waals surface area contributed by atoms with Crippen LogP contribution in [0.25, 0.3) is 11.8 Å². The number of ether oxygens (including phenoxy) is 3. The summed E-state index contributed by atoms with van der Waals surface area (Å²) in [6, 6.07) is 19.9. The first-order valence-corrected chi connectivity index (χ1v) is 14.4. The molecule has 0 unspecified atom stereocenters. The highest BCUT2D eigenvalue weighted by Crippen LogP contribution is 2.42. The number of methoxy groups -OCH3 is 2. The molecule has 3 aromatic carbocycles. The number of aromatic nitrogens is 1. The summed E-state index contributed by atoms with van der Waals surface area (Å²) in [4.78, 5) is 19.8. The highest BCUT2D eigenvalue weighted by molar-refractivity contribution is 9.10. The minimum atomic E-state index is -0.293. The summed E-state index contributed by atoms with van der Waals surface area (Å²) in [6.45, 7) is 2.54. The fourth-order valence-electron chi connectivity index (χ4n) is 5.38. The fraction of sp³-hybridized carbons (Fsp3) is 0.226. The number of benzene rings is 3. The number of fused-ring (bicyclic) bond motifs is 3. The summed E-state index contributed by atoms with van der Waals surface area (Å²) >= 11 is 5.00. The van der Waals surface area contributed by atoms with Gasteiger partial charge in [-0.25, -0.2) is 4.99 Å². The average molecular weight is 604 g/mol. The van der Waals surface area contributed by atoms with Crippen molar-refractivity contribution >= 4 is 39.0 Å². The first-order valence-electron chi connectivity index (χ1n) is 12.8. The van der Waals surface area contributed by atoms with Crippen molar-refractivity contribution in [3.63, 3.8) is 0 Å². The Morgan fingerprint density at radius 1 is 1.03 bits per heavy atom. The normalized spacial score (nSPS) is 16.2. The molecule has 1 atom stereocenters. The van der Waals surface area contributed by atoms with E-state index in [4.69, 9.17) is 19.2 Å². The molecule has 0 spiro atoms. The van der Waals surface area contributed by atoms with Crippen molar-refractivity contribution in [3.8, 4) is 17.2 Å². The van der Waals surface area contributed by atoms with Crippen LogP contribution in [0.1, 0.15) is 41.6 Å². The van der Waals surface area contributed by atoms with E-state index in [2.05, 4.69) is 40.2 Å². The molecule has 2 heterocycles. The van der Waals surface area contributed by atoms with Crippen LogP contribution in [0.3, 0.4) is 0 Å². The van der Waals surface area contributed by atoms with Gasteiger partial charge in [-0.1, -0.05) is 47.7 Å². The predicted octanol–water partition coefficient (Wildman–Crippen LogP) is 5.50. The minimum absolute atomic E-state index is 0.0612. The van der Waals surface area contributed by atoms with Crippen LogP contribution in [0.2, 0.25) is 0 Å². The first-order chi connectivity index (χ1) is 19.0. The minimum Gasteiger partial charge on any atom is -0.493 e. The lowest BCUT2D eigenvalue weighted by atomic mass is 9.83. The Bertz CT molecular complexity index is 1800. The molecule has 0 saturated heterocycles. The van der Waals surface area contributed by atoms with Crippen molar-refractivity contribution in [2.24, 2.45) is 4.99 Å². The van der Waals surface area contributed by atoms with Crippen LogP contribution < -0.4 is 29.1 Å². The fourth-order valence-corrected chi connectivity index (χ4v) is 6.89. The van der Waals surface area contributed by atoms with Crippen molar-refractivity contribution in [1.82, 2.24) is 4.57 Å². The molecule has 0 saturated carbocycles. The van der Waals surface area contributed by atoms with Crippen molar-refractivity contribution < 1.29 is 14.2 Å². The summed E-state index contributed by atoms with van der Waals surface area (Å²) in [5.41, 5.74) is 6.34. The smallest absolute Gasteiger partial charge is 0.271 e. The maximum atomic E-state index is 14.0. The van der Waals surface area contributed by atoms with Crippen molar-refractivity contribution in [2.75, 3.05) is 20.8 Å². The van der Waals surface area contributed by atoms with Crippen molar-refractivity contribution in [1.29, 1.82) is 0 Å². The van der Waals surface area contributed by atoms with Crippen LogP contribution in [0.4, 0.5) is 0 Å². The second-order valence-electron chi connectivity index (χ2n) is 9.35. The van der Waals surface area contributed by atoms with Gasteiger partial charge in [0.1, 0.15) is 5.75 Å². The predicted molar refractivity (Wildman–Crippen MR) is 158 cm³/mol. The summed E-state index contributed by atoms with van der Waals surface area (Å²) in [5.74, 6) is 2.06. The van der Waals surface area contributed by atoms with E-state index >= 15 is 0 Å². The van der Waals surface area contributed by atoms with Crippen LogP contribution in [-0.2, 0) is 6.42 Å². The topological polar surface area (TPSA) is 62.0 Å². The largest absolute Gasteiger partial charge is 0.493 e. The van der Waals surface area contributed by atoms with Crippen molar-refractivity contribution in [3.05, 3.63) is 113 Å². The van der Waals surface area contributed by atoms with Crippen molar-refractivity contribution in [2.45, 2.75) is 25.8 Å². The number of hydrogen-bond donors (Lipinski definition) is 0. The van der Waals surface area contributed by atoms with Crippen LogP contribution >= 0.6 is 27.3 Å². The molecule has 39 heavy (non-hydrogen) atoms. The Balaban J connectivity index is 1.57. The van der Waals surface area contributed by atoms with E-state index in [0.717, 1.165) is 51.0 Å². The molecule has 1 aliphatic carbocycles. The van der Waals surface area contributed by atoms with Gasteiger partial charge < -0.3 is 14.2 Å². The van der Waals surface area contributed by atoms with Gasteiger partial charge in [0.25, 0.3) is 5.56 Å². The molecule has 0 radical (unpaired) electrons. The molecule has 198 valence electrons.